The Balaban J connectivity index is 1.76. The standard InChI is InChI=1S/C15H23N3S/c1-4-12(2)18(3)10-9-16-11-15-17-13-7-5-6-8-14(13)19-15/h5-8,12,16H,4,9-11H2,1-3H3. The lowest BCUT2D eigenvalue weighted by Crippen LogP contribution is -2.34. The average molecular weight is 277 g/mol. The molecule has 104 valence electrons. The summed E-state index contributed by atoms with van der Waals surface area (Å²) in [4.78, 5) is 7.02. The van der Waals surface area contributed by atoms with Gasteiger partial charge in [-0.05, 0) is 32.5 Å². The number of likely N-dealkylation sites (N-methyl/N-ethyl adjacent to an activating group) is 1. The highest BCUT2D eigenvalue weighted by Gasteiger charge is 2.06. The van der Waals surface area contributed by atoms with Crippen LogP contribution in [0.1, 0.15) is 25.3 Å². The number of fused-ring (bicyclic) bond motifs is 1. The fourth-order valence-corrected chi connectivity index (χ4v) is 2.92. The molecule has 1 unspecified atom stereocenters. The molecular formula is C15H23N3S. The van der Waals surface area contributed by atoms with E-state index < -0.39 is 0 Å². The van der Waals surface area contributed by atoms with Gasteiger partial charge in [-0.2, -0.15) is 0 Å². The molecule has 2 rings (SSSR count). The number of nitrogens with one attached hydrogen (secondary N) is 1. The summed E-state index contributed by atoms with van der Waals surface area (Å²) in [5.41, 5.74) is 1.11. The SMILES string of the molecule is CCC(C)N(C)CCNCc1nc2ccccc2s1. The van der Waals surface area contributed by atoms with E-state index in [9.17, 15) is 0 Å². The average Bonchev–Trinajstić information content (AvgIpc) is 2.85. The van der Waals surface area contributed by atoms with Gasteiger partial charge < -0.3 is 10.2 Å². The third-order valence-electron chi connectivity index (χ3n) is 3.60. The smallest absolute Gasteiger partial charge is 0.108 e. The largest absolute Gasteiger partial charge is 0.309 e. The first-order chi connectivity index (χ1) is 9.20. The van der Waals surface area contributed by atoms with Crippen LogP contribution in [-0.2, 0) is 6.54 Å². The van der Waals surface area contributed by atoms with Gasteiger partial charge in [0.2, 0.25) is 0 Å². The molecule has 1 heterocycles. The zero-order valence-electron chi connectivity index (χ0n) is 12.0. The van der Waals surface area contributed by atoms with E-state index in [1.54, 1.807) is 11.3 Å². The van der Waals surface area contributed by atoms with E-state index in [0.717, 1.165) is 25.2 Å². The Kier molecular flexibility index (Phi) is 5.31. The lowest BCUT2D eigenvalue weighted by atomic mass is 10.2. The second-order valence-electron chi connectivity index (χ2n) is 4.99. The Bertz CT molecular complexity index is 476. The minimum Gasteiger partial charge on any atom is -0.309 e. The van der Waals surface area contributed by atoms with E-state index in [1.807, 2.05) is 6.07 Å². The Labute approximate surface area is 119 Å². The second kappa shape index (κ2) is 6.98. The Morgan fingerprint density at radius 2 is 2.16 bits per heavy atom. The molecule has 0 bridgehead atoms. The molecule has 1 aromatic heterocycles. The fourth-order valence-electron chi connectivity index (χ4n) is 1.98. The number of rotatable bonds is 7. The van der Waals surface area contributed by atoms with Gasteiger partial charge in [0.15, 0.2) is 0 Å². The van der Waals surface area contributed by atoms with Crippen molar-refractivity contribution in [3.63, 3.8) is 0 Å². The summed E-state index contributed by atoms with van der Waals surface area (Å²) in [5.74, 6) is 0. The molecule has 3 nitrogen and oxygen atoms in total. The van der Waals surface area contributed by atoms with Crippen molar-refractivity contribution >= 4 is 21.6 Å². The molecule has 0 aliphatic carbocycles. The molecule has 1 aromatic carbocycles. The maximum Gasteiger partial charge on any atom is 0.108 e. The molecule has 0 saturated heterocycles. The van der Waals surface area contributed by atoms with Gasteiger partial charge >= 0.3 is 0 Å². The van der Waals surface area contributed by atoms with Gasteiger partial charge in [0.05, 0.1) is 10.2 Å². The normalized spacial score (nSPS) is 13.3. The van der Waals surface area contributed by atoms with Gasteiger partial charge in [0, 0.05) is 25.7 Å². The maximum absolute atomic E-state index is 4.62. The minimum absolute atomic E-state index is 0.657. The highest BCUT2D eigenvalue weighted by Crippen LogP contribution is 2.21. The van der Waals surface area contributed by atoms with Crippen molar-refractivity contribution in [1.29, 1.82) is 0 Å². The van der Waals surface area contributed by atoms with Crippen molar-refractivity contribution in [2.24, 2.45) is 0 Å². The summed E-state index contributed by atoms with van der Waals surface area (Å²) in [6.45, 7) is 7.47. The molecule has 0 fully saturated rings. The van der Waals surface area contributed by atoms with Crippen molar-refractivity contribution in [2.45, 2.75) is 32.9 Å². The number of aromatic nitrogens is 1. The number of nitrogens with zero attached hydrogens (tertiary/aromatic N) is 2. The summed E-state index contributed by atoms with van der Waals surface area (Å²) in [7, 11) is 2.19. The van der Waals surface area contributed by atoms with E-state index in [2.05, 4.69) is 54.3 Å². The Morgan fingerprint density at radius 1 is 1.37 bits per heavy atom. The third-order valence-corrected chi connectivity index (χ3v) is 4.64. The fraction of sp³-hybridized carbons (Fsp3) is 0.533. The van der Waals surface area contributed by atoms with Crippen molar-refractivity contribution < 1.29 is 0 Å². The number of para-hydroxylation sites is 1. The van der Waals surface area contributed by atoms with Crippen LogP contribution in [0.25, 0.3) is 10.2 Å². The molecule has 1 atom stereocenters. The predicted octanol–water partition coefficient (Wildman–Crippen LogP) is 3.12. The van der Waals surface area contributed by atoms with Crippen LogP contribution in [-0.4, -0.2) is 36.1 Å². The van der Waals surface area contributed by atoms with E-state index in [1.165, 1.54) is 16.1 Å². The zero-order chi connectivity index (χ0) is 13.7. The monoisotopic (exact) mass is 277 g/mol. The second-order valence-corrected chi connectivity index (χ2v) is 6.11. The molecule has 0 radical (unpaired) electrons. The van der Waals surface area contributed by atoms with Crippen LogP contribution < -0.4 is 5.32 Å². The number of thiazole rings is 1. The molecule has 0 amide bonds. The first-order valence-corrected chi connectivity index (χ1v) is 7.77. The molecule has 1 N–H and O–H groups in total. The number of hydrogen-bond donors (Lipinski definition) is 1. The Morgan fingerprint density at radius 3 is 2.89 bits per heavy atom. The minimum atomic E-state index is 0.657. The highest BCUT2D eigenvalue weighted by molar-refractivity contribution is 7.18. The van der Waals surface area contributed by atoms with E-state index in [4.69, 9.17) is 0 Å². The van der Waals surface area contributed by atoms with Crippen LogP contribution in [0.15, 0.2) is 24.3 Å². The first kappa shape index (κ1) is 14.4. The quantitative estimate of drug-likeness (QED) is 0.788. The van der Waals surface area contributed by atoms with Crippen LogP contribution in [0.4, 0.5) is 0 Å². The van der Waals surface area contributed by atoms with Crippen LogP contribution >= 0.6 is 11.3 Å². The Hall–Kier alpha value is -0.970. The van der Waals surface area contributed by atoms with Crippen molar-refractivity contribution in [1.82, 2.24) is 15.2 Å². The summed E-state index contributed by atoms with van der Waals surface area (Å²) in [6, 6.07) is 8.97. The van der Waals surface area contributed by atoms with E-state index in [-0.39, 0.29) is 0 Å². The van der Waals surface area contributed by atoms with Crippen LogP contribution in [0.5, 0.6) is 0 Å². The lowest BCUT2D eigenvalue weighted by molar-refractivity contribution is 0.251. The zero-order valence-corrected chi connectivity index (χ0v) is 12.8. The van der Waals surface area contributed by atoms with Crippen molar-refractivity contribution in [2.75, 3.05) is 20.1 Å². The molecule has 0 spiro atoms. The van der Waals surface area contributed by atoms with Gasteiger partial charge in [0.1, 0.15) is 5.01 Å². The van der Waals surface area contributed by atoms with Crippen LogP contribution in [0.2, 0.25) is 0 Å². The highest BCUT2D eigenvalue weighted by atomic mass is 32.1. The molecule has 0 saturated carbocycles. The summed E-state index contributed by atoms with van der Waals surface area (Å²) in [5, 5.41) is 4.65. The topological polar surface area (TPSA) is 28.2 Å². The third kappa shape index (κ3) is 4.00. The summed E-state index contributed by atoms with van der Waals surface area (Å²) in [6.07, 6.45) is 1.20. The van der Waals surface area contributed by atoms with Gasteiger partial charge in [-0.25, -0.2) is 4.98 Å². The van der Waals surface area contributed by atoms with Gasteiger partial charge in [0.25, 0.3) is 0 Å². The van der Waals surface area contributed by atoms with Crippen LogP contribution in [0, 0.1) is 0 Å². The van der Waals surface area contributed by atoms with E-state index >= 15 is 0 Å². The summed E-state index contributed by atoms with van der Waals surface area (Å²) >= 11 is 1.78. The van der Waals surface area contributed by atoms with Gasteiger partial charge in [-0.1, -0.05) is 19.1 Å². The number of benzene rings is 1. The molecule has 4 heteroatoms. The molecule has 19 heavy (non-hydrogen) atoms. The maximum atomic E-state index is 4.62. The van der Waals surface area contributed by atoms with Crippen molar-refractivity contribution in [3.8, 4) is 0 Å². The summed E-state index contributed by atoms with van der Waals surface area (Å²) < 4.78 is 1.27. The lowest BCUT2D eigenvalue weighted by Gasteiger charge is -2.23. The predicted molar refractivity (Wildman–Crippen MR) is 83.7 cm³/mol. The van der Waals surface area contributed by atoms with Gasteiger partial charge in [-0.3, -0.25) is 0 Å². The first-order valence-electron chi connectivity index (χ1n) is 6.96. The number of hydrogen-bond acceptors (Lipinski definition) is 4. The molecule has 0 aliphatic rings. The molecule has 2 aromatic rings. The molecule has 0 aliphatic heterocycles. The van der Waals surface area contributed by atoms with E-state index in [0.29, 0.717) is 6.04 Å². The van der Waals surface area contributed by atoms with Crippen LogP contribution in [0.3, 0.4) is 0 Å². The van der Waals surface area contributed by atoms with Crippen molar-refractivity contribution in [3.05, 3.63) is 29.3 Å². The van der Waals surface area contributed by atoms with Gasteiger partial charge in [-0.15, -0.1) is 11.3 Å². The molecular weight excluding hydrogens is 254 g/mol.